The monoisotopic (exact) mass is 411 g/mol. The lowest BCUT2D eigenvalue weighted by molar-refractivity contribution is -0.123. The molecule has 0 fully saturated rings. The normalized spacial score (nSPS) is 11.8. The number of para-hydroxylation sites is 2. The molecule has 0 unspecified atom stereocenters. The summed E-state index contributed by atoms with van der Waals surface area (Å²) < 4.78 is 6.84. The molecule has 150 valence electrons. The van der Waals surface area contributed by atoms with Gasteiger partial charge >= 0.3 is 5.97 Å². The summed E-state index contributed by atoms with van der Waals surface area (Å²) in [7, 11) is 0. The van der Waals surface area contributed by atoms with Crippen molar-refractivity contribution in [3.05, 3.63) is 76.1 Å². The molecule has 3 aromatic rings. The van der Waals surface area contributed by atoms with Gasteiger partial charge in [0, 0.05) is 5.69 Å². The molecule has 6 nitrogen and oxygen atoms in total. The van der Waals surface area contributed by atoms with Crippen molar-refractivity contribution in [2.75, 3.05) is 5.32 Å². The van der Waals surface area contributed by atoms with Crippen molar-refractivity contribution in [1.29, 1.82) is 0 Å². The maximum Gasteiger partial charge on any atom is 0.344 e. The van der Waals surface area contributed by atoms with Crippen LogP contribution in [0.1, 0.15) is 34.1 Å². The molecular weight excluding hydrogens is 390 g/mol. The van der Waals surface area contributed by atoms with Crippen molar-refractivity contribution in [3.8, 4) is 5.69 Å². The van der Waals surface area contributed by atoms with E-state index in [0.29, 0.717) is 11.4 Å². The van der Waals surface area contributed by atoms with Crippen LogP contribution in [0.4, 0.5) is 5.69 Å². The molecule has 1 atom stereocenters. The molecule has 29 heavy (non-hydrogen) atoms. The first kappa shape index (κ1) is 20.6. The van der Waals surface area contributed by atoms with Crippen LogP contribution in [0, 0.1) is 20.8 Å². The van der Waals surface area contributed by atoms with Crippen LogP contribution in [0.3, 0.4) is 0 Å². The largest absolute Gasteiger partial charge is 0.449 e. The molecule has 0 aliphatic heterocycles. The van der Waals surface area contributed by atoms with Gasteiger partial charge in [0.05, 0.1) is 11.4 Å². The molecule has 1 amide bonds. The number of benzene rings is 2. The molecule has 0 spiro atoms. The maximum absolute atomic E-state index is 12.7. The molecule has 0 saturated carbocycles. The molecule has 1 aromatic heterocycles. The zero-order valence-electron chi connectivity index (χ0n) is 16.7. The maximum atomic E-state index is 12.7. The summed E-state index contributed by atoms with van der Waals surface area (Å²) in [6, 6.07) is 14.9. The van der Waals surface area contributed by atoms with E-state index in [1.54, 1.807) is 6.92 Å². The Kier molecular flexibility index (Phi) is 6.03. The third kappa shape index (κ3) is 4.32. The van der Waals surface area contributed by atoms with Gasteiger partial charge in [0.15, 0.2) is 6.10 Å². The van der Waals surface area contributed by atoms with Crippen LogP contribution in [-0.2, 0) is 9.53 Å². The number of rotatable bonds is 5. The summed E-state index contributed by atoms with van der Waals surface area (Å²) in [5.41, 5.74) is 3.86. The molecular formula is C22H22ClN3O3. The van der Waals surface area contributed by atoms with E-state index in [0.717, 1.165) is 16.8 Å². The van der Waals surface area contributed by atoms with Gasteiger partial charge in [-0.05, 0) is 51.0 Å². The minimum absolute atomic E-state index is 0.140. The number of aryl methyl sites for hydroxylation is 3. The van der Waals surface area contributed by atoms with Gasteiger partial charge in [0.2, 0.25) is 0 Å². The van der Waals surface area contributed by atoms with Gasteiger partial charge in [-0.25, -0.2) is 9.48 Å². The molecule has 0 aliphatic carbocycles. The fraction of sp³-hybridized carbons (Fsp3) is 0.227. The molecule has 0 saturated heterocycles. The first-order valence-corrected chi connectivity index (χ1v) is 9.56. The fourth-order valence-corrected chi connectivity index (χ4v) is 3.33. The van der Waals surface area contributed by atoms with Crippen molar-refractivity contribution < 1.29 is 14.3 Å². The number of nitrogens with zero attached hydrogens (tertiary/aromatic N) is 2. The van der Waals surface area contributed by atoms with Crippen molar-refractivity contribution in [2.24, 2.45) is 0 Å². The van der Waals surface area contributed by atoms with E-state index in [1.165, 1.54) is 11.6 Å². The number of hydrogen-bond donors (Lipinski definition) is 1. The zero-order chi connectivity index (χ0) is 21.1. The van der Waals surface area contributed by atoms with Crippen LogP contribution in [-0.4, -0.2) is 27.8 Å². The third-order valence-corrected chi connectivity index (χ3v) is 4.94. The topological polar surface area (TPSA) is 73.2 Å². The average Bonchev–Trinajstić information content (AvgIpc) is 2.99. The SMILES string of the molecule is Cc1cccc(C)c1NC(=O)[C@H](C)OC(=O)c1c(C)nn(-c2ccccc2)c1Cl. The van der Waals surface area contributed by atoms with E-state index >= 15 is 0 Å². The lowest BCUT2D eigenvalue weighted by Crippen LogP contribution is -2.30. The number of nitrogens with one attached hydrogen (secondary N) is 1. The Labute approximate surface area is 174 Å². The standard InChI is InChI=1S/C22H22ClN3O3/c1-13-9-8-10-14(2)19(13)24-21(27)16(4)29-22(28)18-15(3)25-26(20(18)23)17-11-6-5-7-12-17/h5-12,16H,1-4H3,(H,24,27)/t16-/m0/s1. The summed E-state index contributed by atoms with van der Waals surface area (Å²) >= 11 is 6.39. The van der Waals surface area contributed by atoms with Gasteiger partial charge in [-0.15, -0.1) is 0 Å². The van der Waals surface area contributed by atoms with Crippen molar-refractivity contribution in [3.63, 3.8) is 0 Å². The highest BCUT2D eigenvalue weighted by atomic mass is 35.5. The Bertz CT molecular complexity index is 1040. The Morgan fingerprint density at radius 1 is 1.03 bits per heavy atom. The third-order valence-electron chi connectivity index (χ3n) is 4.59. The number of aromatic nitrogens is 2. The predicted octanol–water partition coefficient (Wildman–Crippen LogP) is 4.63. The van der Waals surface area contributed by atoms with Crippen molar-refractivity contribution in [1.82, 2.24) is 9.78 Å². The van der Waals surface area contributed by atoms with E-state index < -0.39 is 18.0 Å². The molecule has 3 rings (SSSR count). The summed E-state index contributed by atoms with van der Waals surface area (Å²) in [6.45, 7) is 7.00. The van der Waals surface area contributed by atoms with E-state index in [-0.39, 0.29) is 10.7 Å². The fourth-order valence-electron chi connectivity index (χ4n) is 2.98. The number of ether oxygens (including phenoxy) is 1. The second-order valence-corrected chi connectivity index (χ2v) is 7.16. The second kappa shape index (κ2) is 8.49. The minimum atomic E-state index is -1.00. The van der Waals surface area contributed by atoms with Crippen LogP contribution >= 0.6 is 11.6 Å². The summed E-state index contributed by atoms with van der Waals surface area (Å²) in [4.78, 5) is 25.2. The molecule has 2 aromatic carbocycles. The van der Waals surface area contributed by atoms with E-state index in [4.69, 9.17) is 16.3 Å². The van der Waals surface area contributed by atoms with Crippen molar-refractivity contribution >= 4 is 29.2 Å². The van der Waals surface area contributed by atoms with Crippen LogP contribution in [0.2, 0.25) is 5.15 Å². The Morgan fingerprint density at radius 3 is 2.28 bits per heavy atom. The Morgan fingerprint density at radius 2 is 1.66 bits per heavy atom. The quantitative estimate of drug-likeness (QED) is 0.621. The van der Waals surface area contributed by atoms with E-state index in [1.807, 2.05) is 62.4 Å². The lowest BCUT2D eigenvalue weighted by atomic mass is 10.1. The highest BCUT2D eigenvalue weighted by Gasteiger charge is 2.26. The minimum Gasteiger partial charge on any atom is -0.449 e. The number of esters is 1. The van der Waals surface area contributed by atoms with Crippen LogP contribution in [0.5, 0.6) is 0 Å². The van der Waals surface area contributed by atoms with Gasteiger partial charge < -0.3 is 10.1 Å². The number of amides is 1. The average molecular weight is 412 g/mol. The molecule has 1 N–H and O–H groups in total. The van der Waals surface area contributed by atoms with Gasteiger partial charge in [-0.2, -0.15) is 5.10 Å². The summed E-state index contributed by atoms with van der Waals surface area (Å²) in [5.74, 6) is -1.11. The first-order chi connectivity index (χ1) is 13.8. The molecule has 0 aliphatic rings. The van der Waals surface area contributed by atoms with E-state index in [2.05, 4.69) is 10.4 Å². The second-order valence-electron chi connectivity index (χ2n) is 6.80. The molecule has 1 heterocycles. The van der Waals surface area contributed by atoms with Gasteiger partial charge in [0.1, 0.15) is 10.7 Å². The number of carbonyl (C=O) groups is 2. The van der Waals surface area contributed by atoms with Crippen LogP contribution in [0.25, 0.3) is 5.69 Å². The van der Waals surface area contributed by atoms with Gasteiger partial charge in [-0.1, -0.05) is 48.0 Å². The Hall–Kier alpha value is -3.12. The first-order valence-electron chi connectivity index (χ1n) is 9.18. The zero-order valence-corrected chi connectivity index (χ0v) is 17.4. The highest BCUT2D eigenvalue weighted by Crippen LogP contribution is 2.25. The number of anilines is 1. The predicted molar refractivity (Wildman–Crippen MR) is 113 cm³/mol. The summed E-state index contributed by atoms with van der Waals surface area (Å²) in [6.07, 6.45) is -1.00. The van der Waals surface area contributed by atoms with Crippen LogP contribution in [0.15, 0.2) is 48.5 Å². The number of carbonyl (C=O) groups excluding carboxylic acids is 2. The highest BCUT2D eigenvalue weighted by molar-refractivity contribution is 6.33. The molecule has 0 radical (unpaired) electrons. The van der Waals surface area contributed by atoms with Crippen molar-refractivity contribution in [2.45, 2.75) is 33.8 Å². The number of hydrogen-bond acceptors (Lipinski definition) is 4. The summed E-state index contributed by atoms with van der Waals surface area (Å²) in [5, 5.41) is 7.29. The molecule has 7 heteroatoms. The lowest BCUT2D eigenvalue weighted by Gasteiger charge is -2.16. The smallest absolute Gasteiger partial charge is 0.344 e. The van der Waals surface area contributed by atoms with E-state index in [9.17, 15) is 9.59 Å². The van der Waals surface area contributed by atoms with Gasteiger partial charge in [-0.3, -0.25) is 4.79 Å². The van der Waals surface area contributed by atoms with Gasteiger partial charge in [0.25, 0.3) is 5.91 Å². The number of halogens is 1. The molecule has 0 bridgehead atoms. The van der Waals surface area contributed by atoms with Crippen LogP contribution < -0.4 is 5.32 Å². The Balaban J connectivity index is 1.76.